The van der Waals surface area contributed by atoms with Gasteiger partial charge in [-0.15, -0.1) is 0 Å². The van der Waals surface area contributed by atoms with Crippen LogP contribution in [-0.2, 0) is 9.53 Å². The fourth-order valence-corrected chi connectivity index (χ4v) is 2.33. The Labute approximate surface area is 155 Å². The molecular formula is C15H9BrCl3NO3. The van der Waals surface area contributed by atoms with Crippen molar-refractivity contribution in [3.63, 3.8) is 0 Å². The molecule has 23 heavy (non-hydrogen) atoms. The first kappa shape index (κ1) is 18.1. The predicted molar refractivity (Wildman–Crippen MR) is 94.5 cm³/mol. The standard InChI is InChI=1S/C15H9BrCl3NO3/c16-10-3-2-9(6-12(10)18)20-14(21)7-23-15(22)8-1-4-11(17)13(19)5-8/h1-6H,7H2,(H,20,21). The molecule has 1 N–H and O–H groups in total. The van der Waals surface area contributed by atoms with E-state index in [9.17, 15) is 9.59 Å². The van der Waals surface area contributed by atoms with Gasteiger partial charge in [-0.2, -0.15) is 0 Å². The van der Waals surface area contributed by atoms with Gasteiger partial charge in [-0.05, 0) is 52.3 Å². The van der Waals surface area contributed by atoms with Gasteiger partial charge in [0, 0.05) is 10.2 Å². The Hall–Kier alpha value is -1.27. The number of halogens is 4. The van der Waals surface area contributed by atoms with Crippen molar-refractivity contribution in [2.24, 2.45) is 0 Å². The molecule has 0 atom stereocenters. The number of rotatable bonds is 4. The number of benzene rings is 2. The van der Waals surface area contributed by atoms with Crippen LogP contribution in [-0.4, -0.2) is 18.5 Å². The molecule has 0 bridgehead atoms. The molecule has 0 spiro atoms. The lowest BCUT2D eigenvalue weighted by Crippen LogP contribution is -2.20. The lowest BCUT2D eigenvalue weighted by Gasteiger charge is -2.08. The molecule has 0 aromatic heterocycles. The molecule has 2 rings (SSSR count). The van der Waals surface area contributed by atoms with E-state index in [1.807, 2.05) is 0 Å². The van der Waals surface area contributed by atoms with Gasteiger partial charge in [0.25, 0.3) is 5.91 Å². The maximum atomic E-state index is 11.8. The minimum atomic E-state index is -0.674. The maximum Gasteiger partial charge on any atom is 0.338 e. The number of carbonyl (C=O) groups is 2. The highest BCUT2D eigenvalue weighted by atomic mass is 79.9. The first-order valence-electron chi connectivity index (χ1n) is 6.24. The van der Waals surface area contributed by atoms with Crippen molar-refractivity contribution in [1.82, 2.24) is 0 Å². The van der Waals surface area contributed by atoms with Crippen LogP contribution in [0.2, 0.25) is 15.1 Å². The predicted octanol–water partition coefficient (Wildman–Crippen LogP) is 5.20. The maximum absolute atomic E-state index is 11.8. The van der Waals surface area contributed by atoms with Crippen molar-refractivity contribution < 1.29 is 14.3 Å². The Kier molecular flexibility index (Phi) is 6.30. The van der Waals surface area contributed by atoms with E-state index in [0.29, 0.717) is 20.2 Å². The van der Waals surface area contributed by atoms with Gasteiger partial charge in [-0.25, -0.2) is 4.79 Å². The monoisotopic (exact) mass is 435 g/mol. The number of hydrogen-bond donors (Lipinski definition) is 1. The van der Waals surface area contributed by atoms with Gasteiger partial charge in [0.2, 0.25) is 0 Å². The fraction of sp³-hybridized carbons (Fsp3) is 0.0667. The molecule has 0 heterocycles. The molecule has 2 aromatic carbocycles. The zero-order valence-corrected chi connectivity index (χ0v) is 15.3. The molecule has 0 unspecified atom stereocenters. The Morgan fingerprint density at radius 3 is 2.39 bits per heavy atom. The third-order valence-corrected chi connectivity index (χ3v) is 4.66. The summed E-state index contributed by atoms with van der Waals surface area (Å²) in [5.41, 5.74) is 0.702. The zero-order valence-electron chi connectivity index (χ0n) is 11.4. The van der Waals surface area contributed by atoms with Crippen LogP contribution in [0.3, 0.4) is 0 Å². The second-order valence-electron chi connectivity index (χ2n) is 4.38. The van der Waals surface area contributed by atoms with E-state index in [-0.39, 0.29) is 10.6 Å². The van der Waals surface area contributed by atoms with E-state index in [0.717, 1.165) is 0 Å². The molecule has 0 fully saturated rings. The Morgan fingerprint density at radius 2 is 1.74 bits per heavy atom. The fourth-order valence-electron chi connectivity index (χ4n) is 1.61. The summed E-state index contributed by atoms with van der Waals surface area (Å²) >= 11 is 20.8. The molecule has 8 heteroatoms. The second kappa shape index (κ2) is 8.02. The summed E-state index contributed by atoms with van der Waals surface area (Å²) in [4.78, 5) is 23.6. The molecule has 0 saturated carbocycles. The van der Waals surface area contributed by atoms with Crippen LogP contribution in [0.1, 0.15) is 10.4 Å². The van der Waals surface area contributed by atoms with Gasteiger partial charge >= 0.3 is 5.97 Å². The van der Waals surface area contributed by atoms with Gasteiger partial charge in [0.1, 0.15) is 0 Å². The van der Waals surface area contributed by atoms with Crippen molar-refractivity contribution in [3.05, 3.63) is 61.5 Å². The number of anilines is 1. The number of carbonyl (C=O) groups excluding carboxylic acids is 2. The van der Waals surface area contributed by atoms with Gasteiger partial charge in [-0.1, -0.05) is 34.8 Å². The zero-order chi connectivity index (χ0) is 17.0. The van der Waals surface area contributed by atoms with Crippen LogP contribution in [0.25, 0.3) is 0 Å². The van der Waals surface area contributed by atoms with E-state index in [1.54, 1.807) is 18.2 Å². The largest absolute Gasteiger partial charge is 0.452 e. The van der Waals surface area contributed by atoms with E-state index in [4.69, 9.17) is 39.5 Å². The third kappa shape index (κ3) is 5.11. The number of amides is 1. The molecule has 120 valence electrons. The van der Waals surface area contributed by atoms with Crippen LogP contribution >= 0.6 is 50.7 Å². The summed E-state index contributed by atoms with van der Waals surface area (Å²) < 4.78 is 5.63. The van der Waals surface area contributed by atoms with Gasteiger partial charge in [0.15, 0.2) is 6.61 Å². The van der Waals surface area contributed by atoms with Gasteiger partial charge < -0.3 is 10.1 Å². The molecule has 2 aromatic rings. The molecule has 4 nitrogen and oxygen atoms in total. The summed E-state index contributed by atoms with van der Waals surface area (Å²) in [6, 6.07) is 9.24. The highest BCUT2D eigenvalue weighted by Gasteiger charge is 2.12. The smallest absolute Gasteiger partial charge is 0.338 e. The van der Waals surface area contributed by atoms with Crippen molar-refractivity contribution in [2.75, 3.05) is 11.9 Å². The Balaban J connectivity index is 1.91. The van der Waals surface area contributed by atoms with Crippen LogP contribution in [0.15, 0.2) is 40.9 Å². The first-order valence-corrected chi connectivity index (χ1v) is 8.16. The third-order valence-electron chi connectivity index (χ3n) is 2.69. The minimum absolute atomic E-state index is 0.207. The lowest BCUT2D eigenvalue weighted by molar-refractivity contribution is -0.119. The average molecular weight is 438 g/mol. The first-order chi connectivity index (χ1) is 10.9. The number of hydrogen-bond acceptors (Lipinski definition) is 3. The van der Waals surface area contributed by atoms with Crippen molar-refractivity contribution >= 4 is 68.3 Å². The summed E-state index contributed by atoms with van der Waals surface area (Å²) in [6.45, 7) is -0.438. The van der Waals surface area contributed by atoms with Crippen LogP contribution < -0.4 is 5.32 Å². The van der Waals surface area contributed by atoms with Crippen LogP contribution in [0, 0.1) is 0 Å². The highest BCUT2D eigenvalue weighted by Crippen LogP contribution is 2.25. The number of nitrogens with one attached hydrogen (secondary N) is 1. The van der Waals surface area contributed by atoms with E-state index in [2.05, 4.69) is 21.2 Å². The number of ether oxygens (including phenoxy) is 1. The molecule has 0 aliphatic rings. The molecule has 0 radical (unpaired) electrons. The summed E-state index contributed by atoms with van der Waals surface area (Å²) in [5.74, 6) is -1.16. The average Bonchev–Trinajstić information content (AvgIpc) is 2.51. The second-order valence-corrected chi connectivity index (χ2v) is 6.46. The molecule has 0 saturated heterocycles. The summed E-state index contributed by atoms with van der Waals surface area (Å²) in [7, 11) is 0. The topological polar surface area (TPSA) is 55.4 Å². The number of esters is 1. The van der Waals surface area contributed by atoms with E-state index in [1.165, 1.54) is 18.2 Å². The van der Waals surface area contributed by atoms with E-state index >= 15 is 0 Å². The summed E-state index contributed by atoms with van der Waals surface area (Å²) in [5, 5.41) is 3.58. The lowest BCUT2D eigenvalue weighted by atomic mass is 10.2. The molecule has 0 aliphatic carbocycles. The minimum Gasteiger partial charge on any atom is -0.452 e. The van der Waals surface area contributed by atoms with E-state index < -0.39 is 18.5 Å². The summed E-state index contributed by atoms with van der Waals surface area (Å²) in [6.07, 6.45) is 0. The van der Waals surface area contributed by atoms with Crippen molar-refractivity contribution in [1.29, 1.82) is 0 Å². The quantitative estimate of drug-likeness (QED) is 0.669. The Morgan fingerprint density at radius 1 is 1.00 bits per heavy atom. The van der Waals surface area contributed by atoms with Gasteiger partial charge in [-0.3, -0.25) is 4.79 Å². The molecular weight excluding hydrogens is 428 g/mol. The van der Waals surface area contributed by atoms with Crippen LogP contribution in [0.4, 0.5) is 5.69 Å². The van der Waals surface area contributed by atoms with Crippen molar-refractivity contribution in [2.45, 2.75) is 0 Å². The molecule has 1 amide bonds. The molecule has 0 aliphatic heterocycles. The van der Waals surface area contributed by atoms with Crippen molar-refractivity contribution in [3.8, 4) is 0 Å². The SMILES string of the molecule is O=C(COC(=O)c1ccc(Cl)c(Cl)c1)Nc1ccc(Br)c(Cl)c1. The Bertz CT molecular complexity index is 768. The van der Waals surface area contributed by atoms with Crippen LogP contribution in [0.5, 0.6) is 0 Å². The highest BCUT2D eigenvalue weighted by molar-refractivity contribution is 9.10. The van der Waals surface area contributed by atoms with Gasteiger partial charge in [0.05, 0.1) is 20.6 Å². The normalized spacial score (nSPS) is 10.3.